The zero-order valence-electron chi connectivity index (χ0n) is 11.0. The summed E-state index contributed by atoms with van der Waals surface area (Å²) in [6, 6.07) is 6.67. The number of hydrogen-bond acceptors (Lipinski definition) is 1. The lowest BCUT2D eigenvalue weighted by Gasteiger charge is -2.08. The summed E-state index contributed by atoms with van der Waals surface area (Å²) in [5.74, 6) is 0.519. The highest BCUT2D eigenvalue weighted by Gasteiger charge is 2.45. The molecule has 0 amide bonds. The van der Waals surface area contributed by atoms with Crippen molar-refractivity contribution in [3.05, 3.63) is 29.3 Å². The Morgan fingerprint density at radius 3 is 2.29 bits per heavy atom. The fraction of sp³-hybridized carbons (Fsp3) is 0.500. The number of nitrogens with zero attached hydrogens (tertiary/aromatic N) is 1. The summed E-state index contributed by atoms with van der Waals surface area (Å²) >= 11 is 0. The highest BCUT2D eigenvalue weighted by atomic mass is 15.1. The van der Waals surface area contributed by atoms with Gasteiger partial charge in [0.1, 0.15) is 0 Å². The van der Waals surface area contributed by atoms with Gasteiger partial charge in [-0.2, -0.15) is 0 Å². The number of aryl methyl sites for hydroxylation is 2. The maximum atomic E-state index is 5.91. The Kier molecular flexibility index (Phi) is 2.86. The van der Waals surface area contributed by atoms with Crippen LogP contribution in [0.25, 0.3) is 0 Å². The van der Waals surface area contributed by atoms with E-state index in [1.807, 2.05) is 0 Å². The van der Waals surface area contributed by atoms with Crippen LogP contribution in [0.1, 0.15) is 31.4 Å². The van der Waals surface area contributed by atoms with E-state index in [1.54, 1.807) is 0 Å². The van der Waals surface area contributed by atoms with Gasteiger partial charge >= 0.3 is 0 Å². The molecule has 0 saturated heterocycles. The molecule has 0 bridgehead atoms. The van der Waals surface area contributed by atoms with Crippen LogP contribution in [0.4, 0.5) is 5.69 Å². The van der Waals surface area contributed by atoms with Gasteiger partial charge in [0.15, 0.2) is 5.96 Å². The van der Waals surface area contributed by atoms with Gasteiger partial charge in [-0.05, 0) is 48.9 Å². The third-order valence-corrected chi connectivity index (χ3v) is 3.25. The zero-order chi connectivity index (χ0) is 12.6. The van der Waals surface area contributed by atoms with Crippen LogP contribution < -0.4 is 11.1 Å². The van der Waals surface area contributed by atoms with Crippen LogP contribution in [0.2, 0.25) is 0 Å². The summed E-state index contributed by atoms with van der Waals surface area (Å²) in [5.41, 5.74) is 9.71. The van der Waals surface area contributed by atoms with Crippen molar-refractivity contribution < 1.29 is 0 Å². The van der Waals surface area contributed by atoms with Crippen molar-refractivity contribution in [1.29, 1.82) is 0 Å². The number of guanidine groups is 1. The molecule has 1 aliphatic carbocycles. The minimum Gasteiger partial charge on any atom is -0.370 e. The number of hydrogen-bond donors (Lipinski definition) is 2. The minimum absolute atomic E-state index is 0.328. The Balaban J connectivity index is 2.05. The zero-order valence-corrected chi connectivity index (χ0v) is 11.0. The van der Waals surface area contributed by atoms with E-state index in [-0.39, 0.29) is 0 Å². The summed E-state index contributed by atoms with van der Waals surface area (Å²) in [4.78, 5) is 4.48. The summed E-state index contributed by atoms with van der Waals surface area (Å²) in [7, 11) is 0. The Hall–Kier alpha value is -1.51. The number of anilines is 1. The quantitative estimate of drug-likeness (QED) is 0.607. The molecular formula is C14H21N3. The van der Waals surface area contributed by atoms with Crippen molar-refractivity contribution in [1.82, 2.24) is 0 Å². The predicted octanol–water partition coefficient (Wildman–Crippen LogP) is 2.83. The van der Waals surface area contributed by atoms with Gasteiger partial charge in [-0.25, -0.2) is 4.99 Å². The number of nitrogens with one attached hydrogen (secondary N) is 1. The number of nitrogens with two attached hydrogens (primary N) is 1. The molecular weight excluding hydrogens is 210 g/mol. The number of rotatable bonds is 2. The SMILES string of the molecule is Cc1cc(C)cc(NC(N)=N[C@H]2CC2(C)C)c1. The first-order valence-corrected chi connectivity index (χ1v) is 6.05. The summed E-state index contributed by atoms with van der Waals surface area (Å²) < 4.78 is 0. The van der Waals surface area contributed by atoms with Crippen molar-refractivity contribution in [2.45, 2.75) is 40.2 Å². The summed E-state index contributed by atoms with van der Waals surface area (Å²) in [5, 5.41) is 3.16. The van der Waals surface area contributed by atoms with E-state index >= 15 is 0 Å². The molecule has 3 heteroatoms. The van der Waals surface area contributed by atoms with Crippen molar-refractivity contribution in [2.75, 3.05) is 5.32 Å². The molecule has 3 N–H and O–H groups in total. The van der Waals surface area contributed by atoms with E-state index < -0.39 is 0 Å². The monoisotopic (exact) mass is 231 g/mol. The van der Waals surface area contributed by atoms with E-state index in [0.717, 1.165) is 12.1 Å². The van der Waals surface area contributed by atoms with Crippen molar-refractivity contribution in [2.24, 2.45) is 16.1 Å². The average molecular weight is 231 g/mol. The molecule has 2 rings (SSSR count). The molecule has 0 radical (unpaired) electrons. The first-order valence-electron chi connectivity index (χ1n) is 6.05. The molecule has 0 aromatic heterocycles. The Morgan fingerprint density at radius 1 is 1.29 bits per heavy atom. The van der Waals surface area contributed by atoms with Crippen LogP contribution in [-0.4, -0.2) is 12.0 Å². The third kappa shape index (κ3) is 2.99. The Bertz CT molecular complexity index is 440. The summed E-state index contributed by atoms with van der Waals surface area (Å²) in [6.07, 6.45) is 1.13. The van der Waals surface area contributed by atoms with Gasteiger partial charge < -0.3 is 11.1 Å². The summed E-state index contributed by atoms with van der Waals surface area (Å²) in [6.45, 7) is 8.58. The lowest BCUT2D eigenvalue weighted by atomic mass is 10.1. The first-order chi connectivity index (χ1) is 7.87. The molecule has 0 heterocycles. The Labute approximate surface area is 103 Å². The molecule has 1 aromatic carbocycles. The lowest BCUT2D eigenvalue weighted by Crippen LogP contribution is -2.23. The lowest BCUT2D eigenvalue weighted by molar-refractivity contribution is 0.618. The fourth-order valence-electron chi connectivity index (χ4n) is 2.05. The standard InChI is InChI=1S/C14H21N3/c1-9-5-10(2)7-11(6-9)16-13(15)17-12-8-14(12,3)4/h5-7,12H,8H2,1-4H3,(H3,15,16,17)/t12-/m0/s1. The fourth-order valence-corrected chi connectivity index (χ4v) is 2.05. The van der Waals surface area contributed by atoms with Crippen LogP contribution in [0, 0.1) is 19.3 Å². The minimum atomic E-state index is 0.328. The second kappa shape index (κ2) is 4.06. The van der Waals surface area contributed by atoms with Gasteiger partial charge in [0, 0.05) is 5.69 Å². The molecule has 0 unspecified atom stereocenters. The third-order valence-electron chi connectivity index (χ3n) is 3.25. The van der Waals surface area contributed by atoms with Gasteiger partial charge in [0.2, 0.25) is 0 Å². The molecule has 92 valence electrons. The van der Waals surface area contributed by atoms with Crippen LogP contribution in [0.5, 0.6) is 0 Å². The second-order valence-electron chi connectivity index (χ2n) is 5.72. The molecule has 0 spiro atoms. The van der Waals surface area contributed by atoms with Gasteiger partial charge in [-0.3, -0.25) is 0 Å². The number of aliphatic imine (C=N–C) groups is 1. The molecule has 1 fully saturated rings. The molecule has 3 nitrogen and oxygen atoms in total. The van der Waals surface area contributed by atoms with Gasteiger partial charge in [0.05, 0.1) is 6.04 Å². The van der Waals surface area contributed by atoms with Crippen molar-refractivity contribution in [3.8, 4) is 0 Å². The topological polar surface area (TPSA) is 50.4 Å². The Morgan fingerprint density at radius 2 is 1.82 bits per heavy atom. The maximum absolute atomic E-state index is 5.91. The van der Waals surface area contributed by atoms with Crippen LogP contribution in [0.15, 0.2) is 23.2 Å². The second-order valence-corrected chi connectivity index (χ2v) is 5.72. The normalized spacial score (nSPS) is 22.4. The van der Waals surface area contributed by atoms with Gasteiger partial charge in [-0.15, -0.1) is 0 Å². The largest absolute Gasteiger partial charge is 0.370 e. The highest BCUT2D eigenvalue weighted by Crippen LogP contribution is 2.47. The van der Waals surface area contributed by atoms with Crippen LogP contribution in [0.3, 0.4) is 0 Å². The molecule has 1 aliphatic rings. The smallest absolute Gasteiger partial charge is 0.193 e. The predicted molar refractivity (Wildman–Crippen MR) is 73.3 cm³/mol. The van der Waals surface area contributed by atoms with E-state index in [9.17, 15) is 0 Å². The van der Waals surface area contributed by atoms with Gasteiger partial charge in [-0.1, -0.05) is 19.9 Å². The van der Waals surface area contributed by atoms with Gasteiger partial charge in [0.25, 0.3) is 0 Å². The van der Waals surface area contributed by atoms with E-state index in [4.69, 9.17) is 5.73 Å². The van der Waals surface area contributed by atoms with Crippen LogP contribution in [-0.2, 0) is 0 Å². The molecule has 17 heavy (non-hydrogen) atoms. The molecule has 1 aromatic rings. The molecule has 1 saturated carbocycles. The molecule has 1 atom stereocenters. The highest BCUT2D eigenvalue weighted by molar-refractivity contribution is 5.92. The number of benzene rings is 1. The van der Waals surface area contributed by atoms with Crippen molar-refractivity contribution in [3.63, 3.8) is 0 Å². The maximum Gasteiger partial charge on any atom is 0.193 e. The molecule has 0 aliphatic heterocycles. The van der Waals surface area contributed by atoms with E-state index in [1.165, 1.54) is 11.1 Å². The average Bonchev–Trinajstić information content (AvgIpc) is 2.70. The first kappa shape index (κ1) is 12.0. The van der Waals surface area contributed by atoms with E-state index in [0.29, 0.717) is 17.4 Å². The van der Waals surface area contributed by atoms with Crippen LogP contribution >= 0.6 is 0 Å². The van der Waals surface area contributed by atoms with Crippen molar-refractivity contribution >= 4 is 11.6 Å². The van der Waals surface area contributed by atoms with E-state index in [2.05, 4.69) is 56.2 Å².